The van der Waals surface area contributed by atoms with Gasteiger partial charge in [0.15, 0.2) is 0 Å². The summed E-state index contributed by atoms with van der Waals surface area (Å²) in [4.78, 5) is 13.8. The van der Waals surface area contributed by atoms with Crippen LogP contribution < -0.4 is 9.80 Å². The molecule has 1 aliphatic heterocycles. The van der Waals surface area contributed by atoms with Crippen LogP contribution in [-0.4, -0.2) is 36.1 Å². The van der Waals surface area contributed by atoms with Gasteiger partial charge in [-0.15, -0.1) is 0 Å². The zero-order valence-electron chi connectivity index (χ0n) is 14.9. The normalized spacial score (nSPS) is 17.8. The van der Waals surface area contributed by atoms with E-state index >= 15 is 0 Å². The van der Waals surface area contributed by atoms with Crippen molar-refractivity contribution in [2.75, 3.05) is 29.9 Å². The molecule has 0 N–H and O–H groups in total. The van der Waals surface area contributed by atoms with Gasteiger partial charge < -0.3 is 9.80 Å². The number of halogens is 1. The molecule has 1 aromatic carbocycles. The lowest BCUT2D eigenvalue weighted by atomic mass is 10.0. The van der Waals surface area contributed by atoms with Crippen molar-refractivity contribution in [1.82, 2.24) is 9.97 Å². The summed E-state index contributed by atoms with van der Waals surface area (Å²) >= 11 is 3.45. The summed E-state index contributed by atoms with van der Waals surface area (Å²) in [5.41, 5.74) is 1.77. The molecule has 1 saturated heterocycles. The number of hydrogen-bond donors (Lipinski definition) is 0. The molecule has 0 unspecified atom stereocenters. The molecule has 2 aliphatic rings. The monoisotopic (exact) mass is 411 g/mol. The summed E-state index contributed by atoms with van der Waals surface area (Å²) in [5.74, 6) is 2.61. The molecule has 2 fully saturated rings. The zero-order chi connectivity index (χ0) is 18.1. The summed E-state index contributed by atoms with van der Waals surface area (Å²) < 4.78 is 0.947. The third-order valence-corrected chi connectivity index (χ3v) is 5.89. The van der Waals surface area contributed by atoms with Crippen molar-refractivity contribution >= 4 is 27.4 Å². The van der Waals surface area contributed by atoms with Gasteiger partial charge in [0.2, 0.25) is 0 Å². The number of rotatable bonds is 4. The molecule has 0 atom stereocenters. The van der Waals surface area contributed by atoms with E-state index in [1.807, 2.05) is 30.5 Å². The second-order valence-electron chi connectivity index (χ2n) is 7.15. The van der Waals surface area contributed by atoms with E-state index in [0.717, 1.165) is 53.3 Å². The molecule has 6 heteroatoms. The fourth-order valence-corrected chi connectivity index (χ4v) is 4.01. The lowest BCUT2D eigenvalue weighted by Crippen LogP contribution is -2.44. The highest BCUT2D eigenvalue weighted by Crippen LogP contribution is 2.38. The summed E-state index contributed by atoms with van der Waals surface area (Å²) in [6.07, 6.45) is 6.45. The SMILES string of the molecule is CN(c1ccnc(C2CC2)n1)C1CCN(c2ccc(Br)cc2C#N)CC1. The summed E-state index contributed by atoms with van der Waals surface area (Å²) in [5, 5.41) is 9.42. The standard InChI is InChI=1S/C20H22BrN5/c1-25(19-6-9-23-20(24-19)14-2-3-14)17-7-10-26(11-8-17)18-5-4-16(21)12-15(18)13-22/h4-6,9,12,14,17H,2-3,7-8,10-11H2,1H3. The van der Waals surface area contributed by atoms with Crippen molar-refractivity contribution in [3.8, 4) is 6.07 Å². The van der Waals surface area contributed by atoms with Gasteiger partial charge in [-0.05, 0) is 49.9 Å². The highest BCUT2D eigenvalue weighted by molar-refractivity contribution is 9.10. The Bertz CT molecular complexity index is 834. The van der Waals surface area contributed by atoms with Crippen LogP contribution in [-0.2, 0) is 0 Å². The third kappa shape index (κ3) is 3.54. The molecule has 2 aromatic rings. The van der Waals surface area contributed by atoms with Crippen molar-refractivity contribution < 1.29 is 0 Å². The first kappa shape index (κ1) is 17.3. The molecular formula is C20H22BrN5. The minimum absolute atomic E-state index is 0.467. The molecule has 1 aromatic heterocycles. The average Bonchev–Trinajstić information content (AvgIpc) is 3.53. The molecule has 1 aliphatic carbocycles. The van der Waals surface area contributed by atoms with Crippen LogP contribution in [0.25, 0.3) is 0 Å². The Hall–Kier alpha value is -2.13. The van der Waals surface area contributed by atoms with Crippen molar-refractivity contribution in [3.63, 3.8) is 0 Å². The smallest absolute Gasteiger partial charge is 0.133 e. The van der Waals surface area contributed by atoms with Crippen molar-refractivity contribution in [3.05, 3.63) is 46.3 Å². The predicted octanol–water partition coefficient (Wildman–Crippen LogP) is 4.09. The maximum Gasteiger partial charge on any atom is 0.133 e. The van der Waals surface area contributed by atoms with E-state index in [2.05, 4.69) is 43.8 Å². The van der Waals surface area contributed by atoms with E-state index in [4.69, 9.17) is 4.98 Å². The first-order valence-corrected chi connectivity index (χ1v) is 9.95. The summed E-state index contributed by atoms with van der Waals surface area (Å²) in [7, 11) is 2.14. The van der Waals surface area contributed by atoms with E-state index < -0.39 is 0 Å². The number of hydrogen-bond acceptors (Lipinski definition) is 5. The molecule has 1 saturated carbocycles. The first-order valence-electron chi connectivity index (χ1n) is 9.16. The van der Waals surface area contributed by atoms with Gasteiger partial charge in [-0.2, -0.15) is 5.26 Å². The van der Waals surface area contributed by atoms with Crippen LogP contribution in [0.2, 0.25) is 0 Å². The van der Waals surface area contributed by atoms with E-state index in [1.165, 1.54) is 12.8 Å². The highest BCUT2D eigenvalue weighted by Gasteiger charge is 2.28. The number of nitriles is 1. The van der Waals surface area contributed by atoms with Crippen LogP contribution in [0, 0.1) is 11.3 Å². The Morgan fingerprint density at radius 2 is 1.96 bits per heavy atom. The minimum atomic E-state index is 0.467. The fraction of sp³-hybridized carbons (Fsp3) is 0.450. The van der Waals surface area contributed by atoms with Gasteiger partial charge >= 0.3 is 0 Å². The quantitative estimate of drug-likeness (QED) is 0.757. The Kier molecular flexibility index (Phi) is 4.82. The largest absolute Gasteiger partial charge is 0.370 e. The highest BCUT2D eigenvalue weighted by atomic mass is 79.9. The van der Waals surface area contributed by atoms with Crippen LogP contribution in [0.15, 0.2) is 34.9 Å². The van der Waals surface area contributed by atoms with Crippen LogP contribution in [0.4, 0.5) is 11.5 Å². The van der Waals surface area contributed by atoms with Crippen molar-refractivity contribution in [1.29, 1.82) is 5.26 Å². The Morgan fingerprint density at radius 1 is 1.19 bits per heavy atom. The first-order chi connectivity index (χ1) is 12.7. The molecular weight excluding hydrogens is 390 g/mol. The Balaban J connectivity index is 1.43. The van der Waals surface area contributed by atoms with Gasteiger partial charge in [0.05, 0.1) is 11.3 Å². The van der Waals surface area contributed by atoms with E-state index in [0.29, 0.717) is 12.0 Å². The van der Waals surface area contributed by atoms with Gasteiger partial charge in [-0.1, -0.05) is 15.9 Å². The van der Waals surface area contributed by atoms with Crippen molar-refractivity contribution in [2.24, 2.45) is 0 Å². The van der Waals surface area contributed by atoms with Crippen LogP contribution in [0.3, 0.4) is 0 Å². The Morgan fingerprint density at radius 3 is 2.65 bits per heavy atom. The summed E-state index contributed by atoms with van der Waals surface area (Å²) in [6.45, 7) is 1.90. The lowest BCUT2D eigenvalue weighted by Gasteiger charge is -2.38. The summed E-state index contributed by atoms with van der Waals surface area (Å²) in [6, 6.07) is 10.7. The van der Waals surface area contributed by atoms with Crippen molar-refractivity contribution in [2.45, 2.75) is 37.6 Å². The van der Waals surface area contributed by atoms with Crippen LogP contribution in [0.1, 0.15) is 43.0 Å². The lowest BCUT2D eigenvalue weighted by molar-refractivity contribution is 0.479. The zero-order valence-corrected chi connectivity index (χ0v) is 16.5. The van der Waals surface area contributed by atoms with Gasteiger partial charge in [0, 0.05) is 42.8 Å². The van der Waals surface area contributed by atoms with Crippen LogP contribution >= 0.6 is 15.9 Å². The topological polar surface area (TPSA) is 56.1 Å². The molecule has 5 nitrogen and oxygen atoms in total. The molecule has 0 spiro atoms. The molecule has 2 heterocycles. The number of benzene rings is 1. The van der Waals surface area contributed by atoms with Gasteiger partial charge in [0.1, 0.15) is 17.7 Å². The maximum atomic E-state index is 9.42. The van der Waals surface area contributed by atoms with Gasteiger partial charge in [0.25, 0.3) is 0 Å². The predicted molar refractivity (Wildman–Crippen MR) is 107 cm³/mol. The molecule has 134 valence electrons. The molecule has 0 amide bonds. The van der Waals surface area contributed by atoms with Gasteiger partial charge in [-0.25, -0.2) is 9.97 Å². The molecule has 4 rings (SSSR count). The number of piperidine rings is 1. The van der Waals surface area contributed by atoms with E-state index in [9.17, 15) is 5.26 Å². The minimum Gasteiger partial charge on any atom is -0.370 e. The fourth-order valence-electron chi connectivity index (χ4n) is 3.65. The second-order valence-corrected chi connectivity index (χ2v) is 8.07. The molecule has 0 bridgehead atoms. The number of anilines is 2. The third-order valence-electron chi connectivity index (χ3n) is 5.40. The van der Waals surface area contributed by atoms with Crippen LogP contribution in [0.5, 0.6) is 0 Å². The maximum absolute atomic E-state index is 9.42. The van der Waals surface area contributed by atoms with Gasteiger partial charge in [-0.3, -0.25) is 0 Å². The number of aromatic nitrogens is 2. The van der Waals surface area contributed by atoms with E-state index in [1.54, 1.807) is 0 Å². The number of nitrogens with zero attached hydrogens (tertiary/aromatic N) is 5. The molecule has 0 radical (unpaired) electrons. The average molecular weight is 412 g/mol. The molecule has 26 heavy (non-hydrogen) atoms. The second kappa shape index (κ2) is 7.24. The van der Waals surface area contributed by atoms with E-state index in [-0.39, 0.29) is 0 Å². The Labute approximate surface area is 162 Å².